The minimum absolute atomic E-state index is 0.0694. The number of nitriles is 1. The second-order valence-electron chi connectivity index (χ2n) is 10.8. The maximum Gasteiger partial charge on any atom is 0.314 e. The molecule has 2 aliphatic rings. The Morgan fingerprint density at radius 2 is 1.61 bits per heavy atom. The number of benzene rings is 1. The average molecular weight is 452 g/mol. The molecule has 0 aromatic heterocycles. The van der Waals surface area contributed by atoms with Gasteiger partial charge in [-0.15, -0.1) is 0 Å². The molecule has 0 heterocycles. The molecule has 0 unspecified atom stereocenters. The van der Waals surface area contributed by atoms with Gasteiger partial charge in [0.05, 0.1) is 17.4 Å². The highest BCUT2D eigenvalue weighted by Crippen LogP contribution is 2.43. The highest BCUT2D eigenvalue weighted by atomic mass is 16.5. The maximum atomic E-state index is 12.8. The first kappa shape index (κ1) is 25.8. The molecule has 1 aromatic carbocycles. The molecule has 0 amide bonds. The monoisotopic (exact) mass is 451 g/mol. The molecule has 2 aliphatic carbocycles. The van der Waals surface area contributed by atoms with E-state index in [0.29, 0.717) is 11.7 Å². The second-order valence-corrected chi connectivity index (χ2v) is 10.8. The number of hydrogen-bond acceptors (Lipinski definition) is 3. The van der Waals surface area contributed by atoms with Crippen LogP contribution in [0.3, 0.4) is 0 Å². The van der Waals surface area contributed by atoms with Crippen molar-refractivity contribution in [2.75, 3.05) is 0 Å². The van der Waals surface area contributed by atoms with Gasteiger partial charge >= 0.3 is 5.97 Å². The SMILES string of the molecule is CCCCCCCC1(C#N)CCC(C(=O)Oc2ccc([C@H]3CC[C@H](CCC)CC3)cc2)CC1. The number of carbonyl (C=O) groups excluding carboxylic acids is 1. The van der Waals surface area contributed by atoms with Crippen molar-refractivity contribution in [1.29, 1.82) is 5.26 Å². The normalized spacial score (nSPS) is 27.6. The van der Waals surface area contributed by atoms with Crippen LogP contribution in [0.4, 0.5) is 0 Å². The van der Waals surface area contributed by atoms with Gasteiger partial charge in [0, 0.05) is 0 Å². The van der Waals surface area contributed by atoms with Crippen LogP contribution in [-0.2, 0) is 4.79 Å². The highest BCUT2D eigenvalue weighted by molar-refractivity contribution is 5.75. The lowest BCUT2D eigenvalue weighted by Gasteiger charge is -2.34. The molecular formula is C30H45NO2. The fourth-order valence-electron chi connectivity index (χ4n) is 6.09. The lowest BCUT2D eigenvalue weighted by Crippen LogP contribution is -2.31. The first-order chi connectivity index (χ1) is 16.1. The van der Waals surface area contributed by atoms with Crippen molar-refractivity contribution in [3.8, 4) is 11.8 Å². The number of nitrogens with zero attached hydrogens (tertiary/aromatic N) is 1. The van der Waals surface area contributed by atoms with Crippen molar-refractivity contribution in [3.63, 3.8) is 0 Å². The van der Waals surface area contributed by atoms with E-state index in [1.54, 1.807) is 0 Å². The predicted octanol–water partition coefficient (Wildman–Crippen LogP) is 8.73. The number of carbonyl (C=O) groups is 1. The van der Waals surface area contributed by atoms with E-state index in [9.17, 15) is 10.1 Å². The molecule has 1 aromatic rings. The van der Waals surface area contributed by atoms with E-state index in [-0.39, 0.29) is 17.3 Å². The third-order valence-electron chi connectivity index (χ3n) is 8.39. The molecular weight excluding hydrogens is 406 g/mol. The topological polar surface area (TPSA) is 50.1 Å². The van der Waals surface area contributed by atoms with Crippen molar-refractivity contribution in [1.82, 2.24) is 0 Å². The van der Waals surface area contributed by atoms with Gasteiger partial charge in [0.15, 0.2) is 0 Å². The first-order valence-corrected chi connectivity index (χ1v) is 13.8. The number of ether oxygens (including phenoxy) is 1. The fraction of sp³-hybridized carbons (Fsp3) is 0.733. The largest absolute Gasteiger partial charge is 0.426 e. The van der Waals surface area contributed by atoms with Crippen molar-refractivity contribution in [2.24, 2.45) is 17.3 Å². The lowest BCUT2D eigenvalue weighted by atomic mass is 9.69. The van der Waals surface area contributed by atoms with Crippen LogP contribution in [0.25, 0.3) is 0 Å². The number of hydrogen-bond donors (Lipinski definition) is 0. The minimum atomic E-state index is -0.221. The van der Waals surface area contributed by atoms with Crippen molar-refractivity contribution >= 4 is 5.97 Å². The van der Waals surface area contributed by atoms with Gasteiger partial charge in [0.2, 0.25) is 0 Å². The zero-order valence-electron chi connectivity index (χ0n) is 21.1. The van der Waals surface area contributed by atoms with E-state index >= 15 is 0 Å². The average Bonchev–Trinajstić information content (AvgIpc) is 2.85. The van der Waals surface area contributed by atoms with Gasteiger partial charge in [-0.3, -0.25) is 4.79 Å². The maximum absolute atomic E-state index is 12.8. The van der Waals surface area contributed by atoms with Crippen LogP contribution in [0, 0.1) is 28.6 Å². The van der Waals surface area contributed by atoms with Gasteiger partial charge in [-0.2, -0.15) is 5.26 Å². The molecule has 0 aliphatic heterocycles. The Kier molecular flexibility index (Phi) is 10.3. The van der Waals surface area contributed by atoms with Gasteiger partial charge in [0.1, 0.15) is 5.75 Å². The summed E-state index contributed by atoms with van der Waals surface area (Å²) in [5, 5.41) is 9.81. The van der Waals surface area contributed by atoms with Gasteiger partial charge in [-0.25, -0.2) is 0 Å². The molecule has 0 N–H and O–H groups in total. The number of esters is 1. The summed E-state index contributed by atoms with van der Waals surface area (Å²) in [7, 11) is 0. The molecule has 3 rings (SSSR count). The van der Waals surface area contributed by atoms with Crippen LogP contribution >= 0.6 is 0 Å². The van der Waals surface area contributed by atoms with Crippen LogP contribution in [-0.4, -0.2) is 5.97 Å². The van der Waals surface area contributed by atoms with Crippen LogP contribution < -0.4 is 4.74 Å². The van der Waals surface area contributed by atoms with E-state index in [0.717, 1.165) is 44.4 Å². The molecule has 33 heavy (non-hydrogen) atoms. The van der Waals surface area contributed by atoms with E-state index in [1.165, 1.54) is 69.8 Å². The molecule has 0 radical (unpaired) electrons. The molecule has 2 fully saturated rings. The summed E-state index contributed by atoms with van der Waals surface area (Å²) in [6.45, 7) is 4.51. The highest BCUT2D eigenvalue weighted by Gasteiger charge is 2.38. The Morgan fingerprint density at radius 3 is 2.21 bits per heavy atom. The van der Waals surface area contributed by atoms with E-state index in [2.05, 4.69) is 32.0 Å². The van der Waals surface area contributed by atoms with Crippen molar-refractivity contribution in [2.45, 2.75) is 122 Å². The van der Waals surface area contributed by atoms with E-state index in [4.69, 9.17) is 4.74 Å². The summed E-state index contributed by atoms with van der Waals surface area (Å²) < 4.78 is 5.75. The predicted molar refractivity (Wildman–Crippen MR) is 135 cm³/mol. The van der Waals surface area contributed by atoms with Crippen molar-refractivity contribution < 1.29 is 9.53 Å². The zero-order chi connectivity index (χ0) is 23.5. The smallest absolute Gasteiger partial charge is 0.314 e. The molecule has 0 saturated heterocycles. The van der Waals surface area contributed by atoms with Crippen LogP contribution in [0.5, 0.6) is 5.75 Å². The number of unbranched alkanes of at least 4 members (excludes halogenated alkanes) is 4. The minimum Gasteiger partial charge on any atom is -0.426 e. The Labute approximate surface area is 202 Å². The van der Waals surface area contributed by atoms with Gasteiger partial charge in [-0.1, -0.05) is 70.9 Å². The molecule has 182 valence electrons. The Hall–Kier alpha value is -1.82. The van der Waals surface area contributed by atoms with Crippen LogP contribution in [0.2, 0.25) is 0 Å². The summed E-state index contributed by atoms with van der Waals surface area (Å²) in [6.07, 6.45) is 18.3. The summed E-state index contributed by atoms with van der Waals surface area (Å²) in [6, 6.07) is 10.9. The van der Waals surface area contributed by atoms with Gasteiger partial charge in [-0.05, 0) is 87.3 Å². The third kappa shape index (κ3) is 7.59. The standard InChI is InChI=1S/C30H45NO2/c1-3-5-6-7-8-20-30(23-31)21-18-27(19-22-30)29(32)33-28-16-14-26(15-17-28)25-12-10-24(9-4-2)11-13-25/h14-17,24-25,27H,3-13,18-22H2,1-2H3/t24-,25-,27?,30?. The van der Waals surface area contributed by atoms with Gasteiger partial charge < -0.3 is 4.74 Å². The van der Waals surface area contributed by atoms with Crippen molar-refractivity contribution in [3.05, 3.63) is 29.8 Å². The third-order valence-corrected chi connectivity index (χ3v) is 8.39. The lowest BCUT2D eigenvalue weighted by molar-refractivity contribution is -0.140. The molecule has 2 saturated carbocycles. The first-order valence-electron chi connectivity index (χ1n) is 13.8. The van der Waals surface area contributed by atoms with E-state index in [1.807, 2.05) is 12.1 Å². The Morgan fingerprint density at radius 1 is 0.939 bits per heavy atom. The summed E-state index contributed by atoms with van der Waals surface area (Å²) in [4.78, 5) is 12.8. The van der Waals surface area contributed by atoms with Crippen LogP contribution in [0.15, 0.2) is 24.3 Å². The zero-order valence-corrected chi connectivity index (χ0v) is 21.1. The molecule has 3 heteroatoms. The summed E-state index contributed by atoms with van der Waals surface area (Å²) >= 11 is 0. The fourth-order valence-corrected chi connectivity index (χ4v) is 6.09. The quantitative estimate of drug-likeness (QED) is 0.192. The molecule has 3 nitrogen and oxygen atoms in total. The van der Waals surface area contributed by atoms with Crippen LogP contribution in [0.1, 0.15) is 128 Å². The molecule has 0 atom stereocenters. The summed E-state index contributed by atoms with van der Waals surface area (Å²) in [5.41, 5.74) is 1.17. The Bertz CT molecular complexity index is 746. The second kappa shape index (κ2) is 13.2. The summed E-state index contributed by atoms with van der Waals surface area (Å²) in [5.74, 6) is 2.05. The molecule has 0 bridgehead atoms. The molecule has 0 spiro atoms. The van der Waals surface area contributed by atoms with Gasteiger partial charge in [0.25, 0.3) is 0 Å². The van der Waals surface area contributed by atoms with E-state index < -0.39 is 0 Å². The number of rotatable bonds is 11. The Balaban J connectivity index is 1.43.